The summed E-state index contributed by atoms with van der Waals surface area (Å²) in [6.07, 6.45) is 4.61. The van der Waals surface area contributed by atoms with Crippen LogP contribution in [0.4, 0.5) is 11.5 Å². The molecule has 0 radical (unpaired) electrons. The van der Waals surface area contributed by atoms with Crippen LogP contribution < -0.4 is 10.6 Å². The molecule has 2 rings (SSSR count). The van der Waals surface area contributed by atoms with E-state index in [0.29, 0.717) is 12.3 Å². The zero-order valence-corrected chi connectivity index (χ0v) is 11.6. The van der Waals surface area contributed by atoms with Crippen LogP contribution in [-0.2, 0) is 4.79 Å². The van der Waals surface area contributed by atoms with Gasteiger partial charge in [-0.1, -0.05) is 0 Å². The molecule has 5 nitrogen and oxygen atoms in total. The fourth-order valence-corrected chi connectivity index (χ4v) is 2.53. The molecular weight excluding hydrogens is 240 g/mol. The first-order chi connectivity index (χ1) is 9.17. The highest BCUT2D eigenvalue weighted by Gasteiger charge is 2.19. The van der Waals surface area contributed by atoms with Gasteiger partial charge in [-0.15, -0.1) is 0 Å². The third kappa shape index (κ3) is 4.21. The lowest BCUT2D eigenvalue weighted by Gasteiger charge is -2.29. The van der Waals surface area contributed by atoms with E-state index in [0.717, 1.165) is 31.0 Å². The van der Waals surface area contributed by atoms with Crippen molar-refractivity contribution in [2.45, 2.75) is 19.3 Å². The Morgan fingerprint density at radius 3 is 3.00 bits per heavy atom. The van der Waals surface area contributed by atoms with Crippen molar-refractivity contribution >= 4 is 17.4 Å². The third-order valence-corrected chi connectivity index (χ3v) is 3.50. The van der Waals surface area contributed by atoms with Crippen molar-refractivity contribution in [3.63, 3.8) is 0 Å². The molecule has 5 heteroatoms. The number of piperidine rings is 1. The first kappa shape index (κ1) is 13.8. The molecule has 1 aliphatic heterocycles. The number of hydrogen-bond donors (Lipinski definition) is 2. The van der Waals surface area contributed by atoms with Gasteiger partial charge in [0.1, 0.15) is 5.82 Å². The van der Waals surface area contributed by atoms with Crippen molar-refractivity contribution in [3.05, 3.63) is 18.3 Å². The largest absolute Gasteiger partial charge is 0.373 e. The topological polar surface area (TPSA) is 57.3 Å². The van der Waals surface area contributed by atoms with Crippen LogP contribution in [-0.4, -0.2) is 43.0 Å². The average Bonchev–Trinajstić information content (AvgIpc) is 2.39. The standard InChI is InChI=1S/C14H22N4O/c1-15-13-6-5-12(9-16-13)17-14(19)8-11-4-3-7-18(2)10-11/h5-6,9,11H,3-4,7-8,10H2,1-2H3,(H,15,16)(H,17,19). The fraction of sp³-hybridized carbons (Fsp3) is 0.571. The first-order valence-corrected chi connectivity index (χ1v) is 6.79. The second-order valence-electron chi connectivity index (χ2n) is 5.20. The van der Waals surface area contributed by atoms with Gasteiger partial charge in [0.2, 0.25) is 5.91 Å². The molecule has 1 fully saturated rings. The molecule has 1 atom stereocenters. The summed E-state index contributed by atoms with van der Waals surface area (Å²) in [7, 11) is 3.94. The molecule has 0 spiro atoms. The Bertz CT molecular complexity index is 418. The minimum absolute atomic E-state index is 0.0827. The second kappa shape index (κ2) is 6.52. The summed E-state index contributed by atoms with van der Waals surface area (Å²) in [5.74, 6) is 1.36. The molecule has 1 aromatic heterocycles. The monoisotopic (exact) mass is 262 g/mol. The van der Waals surface area contributed by atoms with E-state index >= 15 is 0 Å². The quantitative estimate of drug-likeness (QED) is 0.868. The first-order valence-electron chi connectivity index (χ1n) is 6.79. The predicted molar refractivity (Wildman–Crippen MR) is 77.3 cm³/mol. The minimum atomic E-state index is 0.0827. The van der Waals surface area contributed by atoms with Gasteiger partial charge in [0.25, 0.3) is 0 Å². The maximum absolute atomic E-state index is 12.0. The number of aromatic nitrogens is 1. The van der Waals surface area contributed by atoms with E-state index in [-0.39, 0.29) is 5.91 Å². The number of carbonyl (C=O) groups is 1. The number of carbonyl (C=O) groups excluding carboxylic acids is 1. The molecule has 0 aromatic carbocycles. The van der Waals surface area contributed by atoms with Crippen LogP contribution in [0.5, 0.6) is 0 Å². The number of anilines is 2. The molecule has 1 saturated heterocycles. The van der Waals surface area contributed by atoms with Crippen molar-refractivity contribution in [3.8, 4) is 0 Å². The molecule has 2 heterocycles. The maximum atomic E-state index is 12.0. The highest BCUT2D eigenvalue weighted by Crippen LogP contribution is 2.19. The van der Waals surface area contributed by atoms with Gasteiger partial charge in [-0.2, -0.15) is 0 Å². The fourth-order valence-electron chi connectivity index (χ4n) is 2.53. The van der Waals surface area contributed by atoms with Crippen LogP contribution in [0.15, 0.2) is 18.3 Å². The third-order valence-electron chi connectivity index (χ3n) is 3.50. The Morgan fingerprint density at radius 1 is 1.53 bits per heavy atom. The normalized spacial score (nSPS) is 20.0. The van der Waals surface area contributed by atoms with E-state index in [2.05, 4.69) is 27.6 Å². The average molecular weight is 262 g/mol. The Labute approximate surface area is 114 Å². The van der Waals surface area contributed by atoms with Crippen LogP contribution >= 0.6 is 0 Å². The van der Waals surface area contributed by atoms with Crippen molar-refractivity contribution in [1.82, 2.24) is 9.88 Å². The lowest BCUT2D eigenvalue weighted by molar-refractivity contribution is -0.117. The lowest BCUT2D eigenvalue weighted by atomic mass is 9.95. The number of nitrogens with one attached hydrogen (secondary N) is 2. The summed E-state index contributed by atoms with van der Waals surface area (Å²) in [6.45, 7) is 2.16. The Morgan fingerprint density at radius 2 is 2.37 bits per heavy atom. The lowest BCUT2D eigenvalue weighted by Crippen LogP contribution is -2.34. The second-order valence-corrected chi connectivity index (χ2v) is 5.20. The van der Waals surface area contributed by atoms with E-state index in [1.807, 2.05) is 19.2 Å². The molecule has 2 N–H and O–H groups in total. The van der Waals surface area contributed by atoms with Gasteiger partial charge in [0.05, 0.1) is 11.9 Å². The Hall–Kier alpha value is -1.62. The van der Waals surface area contributed by atoms with E-state index in [4.69, 9.17) is 0 Å². The summed E-state index contributed by atoms with van der Waals surface area (Å²) in [5, 5.41) is 5.86. The molecule has 19 heavy (non-hydrogen) atoms. The number of rotatable bonds is 4. The van der Waals surface area contributed by atoms with E-state index in [1.54, 1.807) is 6.20 Å². The molecule has 0 bridgehead atoms. The predicted octanol–water partition coefficient (Wildman–Crippen LogP) is 1.79. The van der Waals surface area contributed by atoms with Crippen LogP contribution in [0.1, 0.15) is 19.3 Å². The smallest absolute Gasteiger partial charge is 0.224 e. The SMILES string of the molecule is CNc1ccc(NC(=O)CC2CCCN(C)C2)cn1. The van der Waals surface area contributed by atoms with Gasteiger partial charge in [-0.25, -0.2) is 4.98 Å². The minimum Gasteiger partial charge on any atom is -0.373 e. The number of amides is 1. The van der Waals surface area contributed by atoms with Gasteiger partial charge >= 0.3 is 0 Å². The van der Waals surface area contributed by atoms with Crippen molar-refractivity contribution in [2.24, 2.45) is 5.92 Å². The van der Waals surface area contributed by atoms with Crippen LogP contribution in [0.3, 0.4) is 0 Å². The van der Waals surface area contributed by atoms with E-state index in [9.17, 15) is 4.79 Å². The van der Waals surface area contributed by atoms with Crippen LogP contribution in [0, 0.1) is 5.92 Å². The number of hydrogen-bond acceptors (Lipinski definition) is 4. The van der Waals surface area contributed by atoms with Crippen LogP contribution in [0.25, 0.3) is 0 Å². The number of nitrogens with zero attached hydrogens (tertiary/aromatic N) is 2. The Kier molecular flexibility index (Phi) is 4.74. The van der Waals surface area contributed by atoms with Crippen LogP contribution in [0.2, 0.25) is 0 Å². The number of pyridine rings is 1. The van der Waals surface area contributed by atoms with Crippen molar-refractivity contribution < 1.29 is 4.79 Å². The summed E-state index contributed by atoms with van der Waals surface area (Å²) in [6, 6.07) is 3.72. The van der Waals surface area contributed by atoms with Crippen molar-refractivity contribution in [2.75, 3.05) is 37.8 Å². The molecule has 104 valence electrons. The van der Waals surface area contributed by atoms with Gasteiger partial charge < -0.3 is 15.5 Å². The summed E-state index contributed by atoms with van der Waals surface area (Å²) in [4.78, 5) is 18.4. The van der Waals surface area contributed by atoms with E-state index in [1.165, 1.54) is 6.42 Å². The number of likely N-dealkylation sites (tertiary alicyclic amines) is 1. The van der Waals surface area contributed by atoms with Gasteiger partial charge in [0.15, 0.2) is 0 Å². The molecular formula is C14H22N4O. The maximum Gasteiger partial charge on any atom is 0.224 e. The molecule has 1 aliphatic rings. The summed E-state index contributed by atoms with van der Waals surface area (Å²) < 4.78 is 0. The summed E-state index contributed by atoms with van der Waals surface area (Å²) in [5.41, 5.74) is 0.758. The highest BCUT2D eigenvalue weighted by molar-refractivity contribution is 5.90. The Balaban J connectivity index is 1.83. The zero-order valence-electron chi connectivity index (χ0n) is 11.6. The zero-order chi connectivity index (χ0) is 13.7. The molecule has 0 saturated carbocycles. The van der Waals surface area contributed by atoms with Gasteiger partial charge in [-0.3, -0.25) is 4.79 Å². The molecule has 1 unspecified atom stereocenters. The molecule has 1 aromatic rings. The van der Waals surface area contributed by atoms with Gasteiger partial charge in [0, 0.05) is 20.0 Å². The highest BCUT2D eigenvalue weighted by atomic mass is 16.1. The molecule has 0 aliphatic carbocycles. The summed E-state index contributed by atoms with van der Waals surface area (Å²) >= 11 is 0. The van der Waals surface area contributed by atoms with Gasteiger partial charge in [-0.05, 0) is 44.5 Å². The van der Waals surface area contributed by atoms with E-state index < -0.39 is 0 Å². The molecule has 1 amide bonds. The van der Waals surface area contributed by atoms with Crippen molar-refractivity contribution in [1.29, 1.82) is 0 Å².